The molecule has 118 valence electrons. The summed E-state index contributed by atoms with van der Waals surface area (Å²) in [5, 5.41) is 2.23. The van der Waals surface area contributed by atoms with Gasteiger partial charge in [0.25, 0.3) is 11.1 Å². The predicted octanol–water partition coefficient (Wildman–Crippen LogP) is 3.85. The number of rotatable bonds is 6. The van der Waals surface area contributed by atoms with Crippen molar-refractivity contribution in [2.24, 2.45) is 0 Å². The summed E-state index contributed by atoms with van der Waals surface area (Å²) < 4.78 is 11.2. The first-order chi connectivity index (χ1) is 10.5. The zero-order valence-corrected chi connectivity index (χ0v) is 13.8. The van der Waals surface area contributed by atoms with Crippen molar-refractivity contribution in [2.45, 2.75) is 20.3 Å². The zero-order chi connectivity index (χ0) is 16.1. The van der Waals surface area contributed by atoms with Gasteiger partial charge in [-0.3, -0.25) is 14.9 Å². The molecule has 0 radical (unpaired) electrons. The molecular weight excluding hydrogens is 326 g/mol. The minimum atomic E-state index is -0.406. The summed E-state index contributed by atoms with van der Waals surface area (Å²) in [6, 6.07) is 3.42. The molecule has 1 aliphatic heterocycles. The van der Waals surface area contributed by atoms with E-state index in [4.69, 9.17) is 21.1 Å². The van der Waals surface area contributed by atoms with Crippen molar-refractivity contribution in [2.75, 3.05) is 13.2 Å². The van der Waals surface area contributed by atoms with Crippen molar-refractivity contribution in [3.05, 3.63) is 27.6 Å². The molecule has 2 rings (SSSR count). The Morgan fingerprint density at radius 3 is 2.64 bits per heavy atom. The van der Waals surface area contributed by atoms with Gasteiger partial charge in [-0.15, -0.1) is 0 Å². The first-order valence-corrected chi connectivity index (χ1v) is 8.08. The second-order valence-electron chi connectivity index (χ2n) is 4.46. The van der Waals surface area contributed by atoms with Crippen LogP contribution in [0.15, 0.2) is 17.0 Å². The van der Waals surface area contributed by atoms with Crippen molar-refractivity contribution in [1.82, 2.24) is 5.32 Å². The topological polar surface area (TPSA) is 64.6 Å². The number of imide groups is 1. The van der Waals surface area contributed by atoms with Gasteiger partial charge in [-0.25, -0.2) is 0 Å². The van der Waals surface area contributed by atoms with Gasteiger partial charge in [0.1, 0.15) is 0 Å². The summed E-state index contributed by atoms with van der Waals surface area (Å²) in [6.07, 6.45) is 2.45. The number of carbonyl (C=O) groups excluding carboxylic acids is 2. The van der Waals surface area contributed by atoms with Crippen LogP contribution in [0.25, 0.3) is 6.08 Å². The Kier molecular flexibility index (Phi) is 5.74. The minimum Gasteiger partial charge on any atom is -0.490 e. The van der Waals surface area contributed by atoms with Crippen LogP contribution < -0.4 is 14.8 Å². The van der Waals surface area contributed by atoms with Crippen LogP contribution in [0.2, 0.25) is 5.02 Å². The van der Waals surface area contributed by atoms with Gasteiger partial charge in [-0.1, -0.05) is 18.5 Å². The molecule has 0 bridgehead atoms. The van der Waals surface area contributed by atoms with Gasteiger partial charge in [0.2, 0.25) is 0 Å². The smallest absolute Gasteiger partial charge is 0.290 e. The third kappa shape index (κ3) is 3.96. The van der Waals surface area contributed by atoms with Crippen molar-refractivity contribution >= 4 is 40.6 Å². The molecule has 1 heterocycles. The van der Waals surface area contributed by atoms with Crippen LogP contribution >= 0.6 is 23.4 Å². The van der Waals surface area contributed by atoms with Crippen molar-refractivity contribution < 1.29 is 19.1 Å². The maximum absolute atomic E-state index is 11.6. The molecule has 0 aromatic heterocycles. The van der Waals surface area contributed by atoms with Gasteiger partial charge in [0.15, 0.2) is 11.5 Å². The van der Waals surface area contributed by atoms with Gasteiger partial charge in [0.05, 0.1) is 23.1 Å². The van der Waals surface area contributed by atoms with Gasteiger partial charge >= 0.3 is 0 Å². The van der Waals surface area contributed by atoms with E-state index in [9.17, 15) is 9.59 Å². The second kappa shape index (κ2) is 7.56. The zero-order valence-electron chi connectivity index (χ0n) is 12.3. The molecular formula is C15H16ClNO4S. The van der Waals surface area contributed by atoms with E-state index in [2.05, 4.69) is 5.32 Å². The summed E-state index contributed by atoms with van der Waals surface area (Å²) >= 11 is 7.09. The lowest BCUT2D eigenvalue weighted by atomic mass is 10.2. The number of hydrogen-bond donors (Lipinski definition) is 1. The van der Waals surface area contributed by atoms with E-state index in [0.717, 1.165) is 18.2 Å². The van der Waals surface area contributed by atoms with Crippen LogP contribution in [0.3, 0.4) is 0 Å². The lowest BCUT2D eigenvalue weighted by Gasteiger charge is -2.14. The van der Waals surface area contributed by atoms with E-state index in [-0.39, 0.29) is 5.24 Å². The highest BCUT2D eigenvalue weighted by atomic mass is 35.5. The highest BCUT2D eigenvalue weighted by Gasteiger charge is 2.25. The van der Waals surface area contributed by atoms with Crippen LogP contribution in [0.1, 0.15) is 25.8 Å². The Labute approximate surface area is 138 Å². The molecule has 1 fully saturated rings. The molecule has 0 spiro atoms. The number of benzene rings is 1. The molecule has 0 atom stereocenters. The quantitative estimate of drug-likeness (QED) is 0.796. The van der Waals surface area contributed by atoms with Crippen LogP contribution in [0.4, 0.5) is 4.79 Å². The first-order valence-electron chi connectivity index (χ1n) is 6.89. The maximum atomic E-state index is 11.6. The Bertz CT molecular complexity index is 630. The fourth-order valence-corrected chi connectivity index (χ4v) is 2.80. The Balaban J connectivity index is 2.36. The monoisotopic (exact) mass is 341 g/mol. The number of carbonyl (C=O) groups is 2. The van der Waals surface area contributed by atoms with Gasteiger partial charge in [-0.2, -0.15) is 0 Å². The van der Waals surface area contributed by atoms with Gasteiger partial charge < -0.3 is 9.47 Å². The van der Waals surface area contributed by atoms with E-state index >= 15 is 0 Å². The number of hydrogen-bond acceptors (Lipinski definition) is 5. The van der Waals surface area contributed by atoms with Gasteiger partial charge in [0, 0.05) is 0 Å². The van der Waals surface area contributed by atoms with Crippen LogP contribution in [-0.2, 0) is 4.79 Å². The summed E-state index contributed by atoms with van der Waals surface area (Å²) in [5.41, 5.74) is 0.673. The molecule has 7 heteroatoms. The lowest BCUT2D eigenvalue weighted by Crippen LogP contribution is -2.17. The van der Waals surface area contributed by atoms with Crippen molar-refractivity contribution in [3.8, 4) is 11.5 Å². The molecule has 0 saturated carbocycles. The average molecular weight is 342 g/mol. The number of amides is 2. The van der Waals surface area contributed by atoms with Crippen molar-refractivity contribution in [1.29, 1.82) is 0 Å². The second-order valence-corrected chi connectivity index (χ2v) is 5.89. The highest BCUT2D eigenvalue weighted by Crippen LogP contribution is 2.38. The van der Waals surface area contributed by atoms with Crippen LogP contribution in [0, 0.1) is 0 Å². The molecule has 1 aromatic carbocycles. The van der Waals surface area contributed by atoms with E-state index in [1.54, 1.807) is 18.2 Å². The Morgan fingerprint density at radius 2 is 2.05 bits per heavy atom. The van der Waals surface area contributed by atoms with E-state index in [0.29, 0.717) is 40.2 Å². The predicted molar refractivity (Wildman–Crippen MR) is 87.5 cm³/mol. The number of halogens is 1. The third-order valence-corrected chi connectivity index (χ3v) is 3.81. The van der Waals surface area contributed by atoms with E-state index < -0.39 is 5.91 Å². The average Bonchev–Trinajstić information content (AvgIpc) is 2.78. The molecule has 22 heavy (non-hydrogen) atoms. The summed E-state index contributed by atoms with van der Waals surface area (Å²) in [7, 11) is 0. The summed E-state index contributed by atoms with van der Waals surface area (Å²) in [6.45, 7) is 4.86. The standard InChI is InChI=1S/C15H16ClNO4S/c1-3-5-21-11-7-9(6-10(16)13(11)20-4-2)8-12-14(18)17-15(19)22-12/h6-8H,3-5H2,1-2H3,(H,17,18,19). The number of ether oxygens (including phenoxy) is 2. The molecule has 1 N–H and O–H groups in total. The lowest BCUT2D eigenvalue weighted by molar-refractivity contribution is -0.115. The molecule has 1 aliphatic rings. The maximum Gasteiger partial charge on any atom is 0.290 e. The largest absolute Gasteiger partial charge is 0.490 e. The van der Waals surface area contributed by atoms with Crippen molar-refractivity contribution in [3.63, 3.8) is 0 Å². The van der Waals surface area contributed by atoms with Crippen LogP contribution in [0.5, 0.6) is 11.5 Å². The highest BCUT2D eigenvalue weighted by molar-refractivity contribution is 8.18. The summed E-state index contributed by atoms with van der Waals surface area (Å²) in [5.74, 6) is 0.605. The minimum absolute atomic E-state index is 0.326. The molecule has 5 nitrogen and oxygen atoms in total. The molecule has 0 aliphatic carbocycles. The molecule has 2 amide bonds. The SMILES string of the molecule is CCCOc1cc(C=C2SC(=O)NC2=O)cc(Cl)c1OCC. The van der Waals surface area contributed by atoms with E-state index in [1.807, 2.05) is 13.8 Å². The molecule has 1 aromatic rings. The normalized spacial score (nSPS) is 16.0. The van der Waals surface area contributed by atoms with Crippen LogP contribution in [-0.4, -0.2) is 24.4 Å². The first kappa shape index (κ1) is 16.7. The fraction of sp³-hybridized carbons (Fsp3) is 0.333. The number of thioether (sulfide) groups is 1. The van der Waals surface area contributed by atoms with E-state index in [1.165, 1.54) is 0 Å². The summed E-state index contributed by atoms with van der Waals surface area (Å²) in [4.78, 5) is 23.1. The Morgan fingerprint density at radius 1 is 1.27 bits per heavy atom. The third-order valence-electron chi connectivity index (χ3n) is 2.72. The Hall–Kier alpha value is -1.66. The molecule has 1 saturated heterocycles. The number of nitrogens with one attached hydrogen (secondary N) is 1. The fourth-order valence-electron chi connectivity index (χ4n) is 1.85. The molecule has 0 unspecified atom stereocenters. The van der Waals surface area contributed by atoms with Gasteiger partial charge in [-0.05, 0) is 48.9 Å².